The molecule has 234 valence electrons. The summed E-state index contributed by atoms with van der Waals surface area (Å²) >= 11 is 0. The van der Waals surface area contributed by atoms with Crippen LogP contribution < -0.4 is 0 Å². The fourth-order valence-electron chi connectivity index (χ4n) is 5.35. The quantitative estimate of drug-likeness (QED) is 0.0559. The topological polar surface area (TPSA) is 0 Å². The molecule has 0 atom stereocenters. The number of allylic oxidation sites excluding steroid dienone is 8. The van der Waals surface area contributed by atoms with E-state index in [-0.39, 0.29) is 0 Å². The predicted molar refractivity (Wildman–Crippen MR) is 186 cm³/mol. The van der Waals surface area contributed by atoms with E-state index in [4.69, 9.17) is 0 Å². The molecule has 40 heavy (non-hydrogen) atoms. The first-order valence-electron chi connectivity index (χ1n) is 18.5. The SMILES string of the molecule is CCCCCCC/C=C\C/C=C\CCCCCCCCCCC=CCCCCC/C=C\CCCCCCCCC. The molecule has 0 nitrogen and oxygen atoms in total. The first kappa shape index (κ1) is 39.0. The zero-order valence-corrected chi connectivity index (χ0v) is 27.8. The van der Waals surface area contributed by atoms with Crippen LogP contribution >= 0.6 is 0 Å². The van der Waals surface area contributed by atoms with Gasteiger partial charge in [-0.3, -0.25) is 0 Å². The smallest absolute Gasteiger partial charge is 0.0169 e. The highest BCUT2D eigenvalue weighted by Gasteiger charge is 1.93. The molecule has 0 amide bonds. The Morgan fingerprint density at radius 2 is 0.425 bits per heavy atom. The lowest BCUT2D eigenvalue weighted by Crippen LogP contribution is -1.81. The van der Waals surface area contributed by atoms with E-state index in [2.05, 4.69) is 62.5 Å². The summed E-state index contributed by atoms with van der Waals surface area (Å²) in [4.78, 5) is 0. The van der Waals surface area contributed by atoms with Crippen molar-refractivity contribution >= 4 is 0 Å². The van der Waals surface area contributed by atoms with E-state index in [1.807, 2.05) is 0 Å². The van der Waals surface area contributed by atoms with Crippen molar-refractivity contribution in [3.63, 3.8) is 0 Å². The van der Waals surface area contributed by atoms with E-state index in [0.29, 0.717) is 0 Å². The number of hydrogen-bond acceptors (Lipinski definition) is 0. The molecule has 0 aromatic rings. The van der Waals surface area contributed by atoms with Gasteiger partial charge in [0.05, 0.1) is 0 Å². The molecule has 0 aliphatic heterocycles. The van der Waals surface area contributed by atoms with Gasteiger partial charge >= 0.3 is 0 Å². The van der Waals surface area contributed by atoms with Crippen molar-refractivity contribution in [1.29, 1.82) is 0 Å². The molecule has 0 radical (unpaired) electrons. The summed E-state index contributed by atoms with van der Waals surface area (Å²) in [6.45, 7) is 4.58. The second-order valence-corrected chi connectivity index (χ2v) is 12.3. The van der Waals surface area contributed by atoms with Gasteiger partial charge < -0.3 is 0 Å². The molecule has 0 heteroatoms. The molecule has 0 aliphatic carbocycles. The van der Waals surface area contributed by atoms with Crippen LogP contribution in [0.15, 0.2) is 48.6 Å². The summed E-state index contributed by atoms with van der Waals surface area (Å²) in [5.41, 5.74) is 0. The second kappa shape index (κ2) is 38.0. The van der Waals surface area contributed by atoms with E-state index in [9.17, 15) is 0 Å². The van der Waals surface area contributed by atoms with Crippen LogP contribution in [-0.4, -0.2) is 0 Å². The molecule has 0 heterocycles. The van der Waals surface area contributed by atoms with Crippen LogP contribution in [0.25, 0.3) is 0 Å². The maximum absolute atomic E-state index is 2.44. The monoisotopic (exact) mass is 555 g/mol. The van der Waals surface area contributed by atoms with Gasteiger partial charge in [0.2, 0.25) is 0 Å². The zero-order valence-electron chi connectivity index (χ0n) is 27.8. The molecule has 0 saturated carbocycles. The first-order valence-corrected chi connectivity index (χ1v) is 18.5. The Balaban J connectivity index is 3.20. The van der Waals surface area contributed by atoms with E-state index in [1.165, 1.54) is 186 Å². The number of rotatable bonds is 33. The maximum Gasteiger partial charge on any atom is -0.0169 e. The van der Waals surface area contributed by atoms with Gasteiger partial charge in [-0.25, -0.2) is 0 Å². The van der Waals surface area contributed by atoms with Gasteiger partial charge in [0.15, 0.2) is 0 Å². The largest absolute Gasteiger partial charge is 0.0885 e. The minimum Gasteiger partial charge on any atom is -0.0885 e. The summed E-state index contributed by atoms with van der Waals surface area (Å²) in [6.07, 6.45) is 60.4. The summed E-state index contributed by atoms with van der Waals surface area (Å²) in [5.74, 6) is 0. The summed E-state index contributed by atoms with van der Waals surface area (Å²) in [7, 11) is 0. The minimum absolute atomic E-state index is 1.13. The first-order chi connectivity index (χ1) is 19.9. The third-order valence-corrected chi connectivity index (χ3v) is 8.12. The Kier molecular flexibility index (Phi) is 37.0. The predicted octanol–water partition coefficient (Wildman–Crippen LogP) is 15.0. The Morgan fingerprint density at radius 3 is 0.700 bits per heavy atom. The van der Waals surface area contributed by atoms with Crippen molar-refractivity contribution in [2.45, 2.75) is 206 Å². The van der Waals surface area contributed by atoms with Crippen LogP contribution in [0.5, 0.6) is 0 Å². The zero-order chi connectivity index (χ0) is 28.9. The molecule has 0 aliphatic rings. The molecule has 0 fully saturated rings. The van der Waals surface area contributed by atoms with Crippen molar-refractivity contribution in [1.82, 2.24) is 0 Å². The number of hydrogen-bond donors (Lipinski definition) is 0. The maximum atomic E-state index is 2.44. The normalized spacial score (nSPS) is 12.3. The van der Waals surface area contributed by atoms with Gasteiger partial charge in [-0.05, 0) is 83.5 Å². The van der Waals surface area contributed by atoms with Crippen LogP contribution in [0.3, 0.4) is 0 Å². The van der Waals surface area contributed by atoms with Crippen LogP contribution in [-0.2, 0) is 0 Å². The van der Waals surface area contributed by atoms with Crippen molar-refractivity contribution in [3.8, 4) is 0 Å². The molecule has 0 aromatic heterocycles. The molecule has 0 N–H and O–H groups in total. The highest BCUT2D eigenvalue weighted by molar-refractivity contribution is 4.92. The van der Waals surface area contributed by atoms with Gasteiger partial charge in [-0.15, -0.1) is 0 Å². The molecule has 0 rings (SSSR count). The van der Waals surface area contributed by atoms with Crippen LogP contribution in [0.2, 0.25) is 0 Å². The lowest BCUT2D eigenvalue weighted by atomic mass is 10.1. The van der Waals surface area contributed by atoms with E-state index in [1.54, 1.807) is 0 Å². The van der Waals surface area contributed by atoms with Crippen molar-refractivity contribution < 1.29 is 0 Å². The molecule has 0 aromatic carbocycles. The Morgan fingerprint density at radius 1 is 0.225 bits per heavy atom. The Hall–Kier alpha value is -1.04. The van der Waals surface area contributed by atoms with Crippen molar-refractivity contribution in [2.24, 2.45) is 0 Å². The Labute approximate surface area is 254 Å². The molecule has 0 bridgehead atoms. The molecule has 0 unspecified atom stereocenters. The van der Waals surface area contributed by atoms with Crippen LogP contribution in [0.1, 0.15) is 206 Å². The highest BCUT2D eigenvalue weighted by atomic mass is 14.0. The molecular formula is C40H74. The average Bonchev–Trinajstić information content (AvgIpc) is 2.97. The second-order valence-electron chi connectivity index (χ2n) is 12.3. The van der Waals surface area contributed by atoms with Crippen molar-refractivity contribution in [3.05, 3.63) is 48.6 Å². The van der Waals surface area contributed by atoms with Gasteiger partial charge in [-0.2, -0.15) is 0 Å². The van der Waals surface area contributed by atoms with Crippen molar-refractivity contribution in [2.75, 3.05) is 0 Å². The molecule has 0 saturated heterocycles. The van der Waals surface area contributed by atoms with Gasteiger partial charge in [0.1, 0.15) is 0 Å². The minimum atomic E-state index is 1.13. The lowest BCUT2D eigenvalue weighted by Gasteiger charge is -2.01. The average molecular weight is 555 g/mol. The lowest BCUT2D eigenvalue weighted by molar-refractivity contribution is 0.571. The van der Waals surface area contributed by atoms with Gasteiger partial charge in [-0.1, -0.05) is 172 Å². The summed E-state index contributed by atoms with van der Waals surface area (Å²) in [5, 5.41) is 0. The van der Waals surface area contributed by atoms with Crippen LogP contribution in [0, 0.1) is 0 Å². The summed E-state index contributed by atoms with van der Waals surface area (Å²) < 4.78 is 0. The summed E-state index contributed by atoms with van der Waals surface area (Å²) in [6, 6.07) is 0. The van der Waals surface area contributed by atoms with Gasteiger partial charge in [0.25, 0.3) is 0 Å². The fraction of sp³-hybridized carbons (Fsp3) is 0.800. The molecule has 0 spiro atoms. The highest BCUT2D eigenvalue weighted by Crippen LogP contribution is 2.13. The standard InChI is InChI=1S/C40H74/c1-3-5-7-9-11-13-15-17-19-21-23-25-27-29-31-33-35-37-39-40-38-36-34-32-30-28-26-24-22-20-18-16-14-12-10-8-6-4-2/h15,17,20-23,34,36H,3-14,16,18-19,24-33,35,37-40H2,1-2H3/b17-15-,22-20-,23-21-,36-34?. The third kappa shape index (κ3) is 37.0. The fourth-order valence-corrected chi connectivity index (χ4v) is 5.35. The van der Waals surface area contributed by atoms with Crippen LogP contribution in [0.4, 0.5) is 0 Å². The van der Waals surface area contributed by atoms with E-state index in [0.717, 1.165) is 6.42 Å². The van der Waals surface area contributed by atoms with E-state index >= 15 is 0 Å². The molecular weight excluding hydrogens is 480 g/mol. The van der Waals surface area contributed by atoms with E-state index < -0.39 is 0 Å². The Bertz CT molecular complexity index is 548. The number of unbranched alkanes of at least 4 members (excludes halogenated alkanes) is 25. The third-order valence-electron chi connectivity index (χ3n) is 8.12. The van der Waals surface area contributed by atoms with Gasteiger partial charge in [0, 0.05) is 0 Å².